The molecule has 130 valence electrons. The number of anilines is 1. The Bertz CT molecular complexity index is 895. The van der Waals surface area contributed by atoms with Crippen molar-refractivity contribution in [1.82, 2.24) is 4.83 Å². The molecule has 24 heavy (non-hydrogen) atoms. The van der Waals surface area contributed by atoms with Crippen molar-refractivity contribution in [3.05, 3.63) is 57.3 Å². The van der Waals surface area contributed by atoms with E-state index in [2.05, 4.69) is 0 Å². The lowest BCUT2D eigenvalue weighted by molar-refractivity contribution is 0.381. The second kappa shape index (κ2) is 6.71. The Kier molecular flexibility index (Phi) is 5.23. The smallest absolute Gasteiger partial charge is 0.257 e. The summed E-state index contributed by atoms with van der Waals surface area (Å²) < 4.78 is 89.7. The predicted octanol–water partition coefficient (Wildman–Crippen LogP) is 3.99. The van der Waals surface area contributed by atoms with E-state index in [0.717, 1.165) is 18.2 Å². The lowest BCUT2D eigenvalue weighted by Gasteiger charge is -2.12. The van der Waals surface area contributed by atoms with Crippen molar-refractivity contribution in [3.8, 4) is 0 Å². The third-order valence-corrected chi connectivity index (χ3v) is 4.71. The maximum Gasteiger partial charge on any atom is 0.257 e. The fraction of sp³-hybridized carbons (Fsp3) is 0. The summed E-state index contributed by atoms with van der Waals surface area (Å²) in [5.41, 5.74) is -0.108. The number of hydrazine groups is 1. The Balaban J connectivity index is 2.35. The first-order valence-electron chi connectivity index (χ1n) is 5.80. The molecular weight excluding hydrogens is 402 g/mol. The van der Waals surface area contributed by atoms with Gasteiger partial charge in [0.05, 0.1) is 14.9 Å². The molecule has 0 radical (unpaired) electrons. The number of hydrogen-bond donors (Lipinski definition) is 2. The molecule has 0 amide bonds. The quantitative estimate of drug-likeness (QED) is 0.349. The Morgan fingerprint density at radius 2 is 1.29 bits per heavy atom. The van der Waals surface area contributed by atoms with Gasteiger partial charge in [-0.1, -0.05) is 23.2 Å². The van der Waals surface area contributed by atoms with Gasteiger partial charge >= 0.3 is 0 Å². The van der Waals surface area contributed by atoms with Crippen LogP contribution in [0.3, 0.4) is 0 Å². The minimum atomic E-state index is -4.44. The van der Waals surface area contributed by atoms with E-state index in [0.29, 0.717) is 0 Å². The van der Waals surface area contributed by atoms with Crippen molar-refractivity contribution < 1.29 is 30.4 Å². The molecule has 0 fully saturated rings. The van der Waals surface area contributed by atoms with Crippen LogP contribution in [0, 0.1) is 29.1 Å². The second-order valence-corrected chi connectivity index (χ2v) is 6.75. The van der Waals surface area contributed by atoms with Crippen LogP contribution in [0.4, 0.5) is 27.6 Å². The van der Waals surface area contributed by atoms with Crippen molar-refractivity contribution in [3.63, 3.8) is 0 Å². The van der Waals surface area contributed by atoms with E-state index in [1.165, 1.54) is 10.3 Å². The zero-order chi connectivity index (χ0) is 18.2. The number of nitrogens with one attached hydrogen (secondary N) is 2. The van der Waals surface area contributed by atoms with Crippen LogP contribution in [0.15, 0.2) is 23.1 Å². The van der Waals surface area contributed by atoms with Gasteiger partial charge in [0, 0.05) is 0 Å². The van der Waals surface area contributed by atoms with Gasteiger partial charge in [-0.05, 0) is 18.2 Å². The molecule has 0 aromatic heterocycles. The van der Waals surface area contributed by atoms with E-state index in [4.69, 9.17) is 23.2 Å². The average molecular weight is 407 g/mol. The van der Waals surface area contributed by atoms with Crippen LogP contribution in [0.25, 0.3) is 0 Å². The molecule has 12 heteroatoms. The molecule has 0 saturated heterocycles. The normalized spacial score (nSPS) is 11.6. The predicted molar refractivity (Wildman–Crippen MR) is 76.6 cm³/mol. The Labute approximate surface area is 142 Å². The van der Waals surface area contributed by atoms with Crippen molar-refractivity contribution in [2.24, 2.45) is 0 Å². The van der Waals surface area contributed by atoms with Gasteiger partial charge in [-0.2, -0.15) is 0 Å². The molecule has 0 aliphatic rings. The summed E-state index contributed by atoms with van der Waals surface area (Å²) in [5.74, 6) is -11.3. The molecule has 2 rings (SSSR count). The van der Waals surface area contributed by atoms with Crippen molar-refractivity contribution >= 4 is 38.9 Å². The van der Waals surface area contributed by atoms with Crippen molar-refractivity contribution in [2.45, 2.75) is 4.90 Å². The molecule has 0 spiro atoms. The molecule has 0 unspecified atom stereocenters. The summed E-state index contributed by atoms with van der Waals surface area (Å²) in [7, 11) is -4.44. The minimum absolute atomic E-state index is 0.0448. The fourth-order valence-electron chi connectivity index (χ4n) is 1.54. The SMILES string of the molecule is O=S(=O)(NNc1c(F)c(F)c(F)c(F)c1F)c1ccc(Cl)c(Cl)c1. The standard InChI is InChI=1S/C12H5Cl2F5N2O2S/c13-5-2-1-4(3-6(5)14)24(22,23)21-20-12-10(18)8(16)7(15)9(17)11(12)19/h1-3,20-21H. The number of hydrogen-bond acceptors (Lipinski definition) is 3. The van der Waals surface area contributed by atoms with Crippen LogP contribution < -0.4 is 10.3 Å². The maximum absolute atomic E-state index is 13.4. The van der Waals surface area contributed by atoms with Crippen LogP contribution in [0.2, 0.25) is 10.0 Å². The summed E-state index contributed by atoms with van der Waals surface area (Å²) >= 11 is 11.3. The Morgan fingerprint density at radius 1 is 0.792 bits per heavy atom. The average Bonchev–Trinajstić information content (AvgIpc) is 2.53. The van der Waals surface area contributed by atoms with Crippen LogP contribution in [-0.4, -0.2) is 8.42 Å². The molecule has 2 aromatic carbocycles. The van der Waals surface area contributed by atoms with Gasteiger partial charge in [0.2, 0.25) is 5.82 Å². The number of benzene rings is 2. The lowest BCUT2D eigenvalue weighted by Crippen LogP contribution is -2.31. The second-order valence-electron chi connectivity index (χ2n) is 4.25. The van der Waals surface area contributed by atoms with Gasteiger partial charge in [0.25, 0.3) is 10.0 Å². The van der Waals surface area contributed by atoms with Crippen LogP contribution in [0.1, 0.15) is 0 Å². The molecule has 0 aliphatic heterocycles. The van der Waals surface area contributed by atoms with E-state index in [1.807, 2.05) is 0 Å². The minimum Gasteiger partial charge on any atom is -0.302 e. The summed E-state index contributed by atoms with van der Waals surface area (Å²) in [6, 6.07) is 3.07. The lowest BCUT2D eigenvalue weighted by atomic mass is 10.2. The van der Waals surface area contributed by atoms with Gasteiger partial charge in [-0.25, -0.2) is 30.4 Å². The molecule has 2 aromatic rings. The van der Waals surface area contributed by atoms with Crippen LogP contribution >= 0.6 is 23.2 Å². The van der Waals surface area contributed by atoms with E-state index in [9.17, 15) is 30.4 Å². The fourth-order valence-corrected chi connectivity index (χ4v) is 2.77. The third-order valence-electron chi connectivity index (χ3n) is 2.72. The number of rotatable bonds is 4. The largest absolute Gasteiger partial charge is 0.302 e. The summed E-state index contributed by atoms with van der Waals surface area (Å²) in [6.07, 6.45) is 0. The van der Waals surface area contributed by atoms with Gasteiger partial charge in [0.15, 0.2) is 23.3 Å². The first-order valence-corrected chi connectivity index (χ1v) is 8.04. The summed E-state index contributed by atoms with van der Waals surface area (Å²) in [6.45, 7) is 0. The molecule has 2 N–H and O–H groups in total. The highest BCUT2D eigenvalue weighted by atomic mass is 35.5. The third kappa shape index (κ3) is 3.41. The molecule has 0 aliphatic carbocycles. The molecule has 0 bridgehead atoms. The van der Waals surface area contributed by atoms with E-state index < -0.39 is 49.7 Å². The zero-order valence-corrected chi connectivity index (χ0v) is 13.4. The van der Waals surface area contributed by atoms with Crippen molar-refractivity contribution in [1.29, 1.82) is 0 Å². The van der Waals surface area contributed by atoms with Crippen LogP contribution in [-0.2, 0) is 10.0 Å². The van der Waals surface area contributed by atoms with Gasteiger partial charge < -0.3 is 5.43 Å². The number of sulfonamides is 1. The van der Waals surface area contributed by atoms with E-state index >= 15 is 0 Å². The molecule has 0 saturated carbocycles. The van der Waals surface area contributed by atoms with Crippen molar-refractivity contribution in [2.75, 3.05) is 5.43 Å². The highest BCUT2D eigenvalue weighted by Gasteiger charge is 2.27. The Morgan fingerprint density at radius 3 is 1.79 bits per heavy atom. The Hall–Kier alpha value is -1.62. The van der Waals surface area contributed by atoms with Gasteiger partial charge in [-0.15, -0.1) is 4.83 Å². The topological polar surface area (TPSA) is 58.2 Å². The van der Waals surface area contributed by atoms with E-state index in [-0.39, 0.29) is 10.0 Å². The van der Waals surface area contributed by atoms with E-state index in [1.54, 1.807) is 0 Å². The number of halogens is 7. The first kappa shape index (κ1) is 18.7. The highest BCUT2D eigenvalue weighted by molar-refractivity contribution is 7.89. The zero-order valence-electron chi connectivity index (χ0n) is 11.1. The molecule has 0 atom stereocenters. The van der Waals surface area contributed by atoms with Gasteiger partial charge in [0.1, 0.15) is 5.69 Å². The molecule has 0 heterocycles. The van der Waals surface area contributed by atoms with Gasteiger partial charge in [-0.3, -0.25) is 0 Å². The highest BCUT2D eigenvalue weighted by Crippen LogP contribution is 2.28. The summed E-state index contributed by atoms with van der Waals surface area (Å²) in [4.78, 5) is 1.01. The van der Waals surface area contributed by atoms with Crippen LogP contribution in [0.5, 0.6) is 0 Å². The molecule has 4 nitrogen and oxygen atoms in total. The summed E-state index contributed by atoms with van der Waals surface area (Å²) in [5, 5.41) is -0.0842. The monoisotopic (exact) mass is 406 g/mol. The first-order chi connectivity index (χ1) is 11.1. The maximum atomic E-state index is 13.4. The molecular formula is C12H5Cl2F5N2O2S.